The van der Waals surface area contributed by atoms with Gasteiger partial charge in [-0.3, -0.25) is 9.78 Å². The molecule has 2 aromatic heterocycles. The van der Waals surface area contributed by atoms with Crippen LogP contribution in [-0.2, 0) is 6.54 Å². The standard InChI is InChI=1S/C10H8FN3O/c11-9-5-12-2-1-8(9)10(15)6-14-4-3-13-7-14/h1-5,7H,6H2. The molecule has 0 aliphatic carbocycles. The molecule has 0 N–H and O–H groups in total. The van der Waals surface area contributed by atoms with E-state index in [2.05, 4.69) is 9.97 Å². The average Bonchev–Trinajstić information content (AvgIpc) is 2.71. The van der Waals surface area contributed by atoms with E-state index in [1.807, 2.05) is 0 Å². The van der Waals surface area contributed by atoms with Gasteiger partial charge in [0.15, 0.2) is 11.6 Å². The second-order valence-corrected chi connectivity index (χ2v) is 3.01. The highest BCUT2D eigenvalue weighted by Crippen LogP contribution is 2.06. The number of pyridine rings is 1. The lowest BCUT2D eigenvalue weighted by Crippen LogP contribution is -2.10. The highest BCUT2D eigenvalue weighted by molar-refractivity contribution is 5.95. The minimum atomic E-state index is -0.595. The van der Waals surface area contributed by atoms with Crippen LogP contribution < -0.4 is 0 Å². The van der Waals surface area contributed by atoms with Gasteiger partial charge in [0, 0.05) is 18.6 Å². The summed E-state index contributed by atoms with van der Waals surface area (Å²) in [5, 5.41) is 0. The van der Waals surface area contributed by atoms with Gasteiger partial charge in [-0.1, -0.05) is 0 Å². The number of Topliss-reactive ketones (excluding diaryl/α,β-unsaturated/α-hetero) is 1. The van der Waals surface area contributed by atoms with Crippen molar-refractivity contribution in [3.05, 3.63) is 48.6 Å². The molecule has 0 spiro atoms. The molecule has 0 aliphatic rings. The summed E-state index contributed by atoms with van der Waals surface area (Å²) in [4.78, 5) is 19.0. The molecule has 5 heteroatoms. The molecule has 0 atom stereocenters. The second-order valence-electron chi connectivity index (χ2n) is 3.01. The van der Waals surface area contributed by atoms with Crippen molar-refractivity contribution in [3.8, 4) is 0 Å². The van der Waals surface area contributed by atoms with Gasteiger partial charge in [-0.2, -0.15) is 0 Å². The molecular weight excluding hydrogens is 197 g/mol. The molecule has 76 valence electrons. The van der Waals surface area contributed by atoms with Crippen molar-refractivity contribution >= 4 is 5.78 Å². The van der Waals surface area contributed by atoms with Crippen molar-refractivity contribution in [2.24, 2.45) is 0 Å². The predicted octanol–water partition coefficient (Wildman–Crippen LogP) is 1.30. The van der Waals surface area contributed by atoms with E-state index in [1.54, 1.807) is 17.0 Å². The van der Waals surface area contributed by atoms with E-state index in [0.29, 0.717) is 0 Å². The van der Waals surface area contributed by atoms with Crippen LogP contribution in [0.2, 0.25) is 0 Å². The molecule has 15 heavy (non-hydrogen) atoms. The van der Waals surface area contributed by atoms with Gasteiger partial charge in [0.05, 0.1) is 24.6 Å². The Balaban J connectivity index is 2.19. The summed E-state index contributed by atoms with van der Waals surface area (Å²) in [5.74, 6) is -0.893. The summed E-state index contributed by atoms with van der Waals surface area (Å²) in [6.45, 7) is 0.0843. The van der Waals surface area contributed by atoms with E-state index in [4.69, 9.17) is 0 Å². The number of halogens is 1. The van der Waals surface area contributed by atoms with Crippen molar-refractivity contribution in [1.82, 2.24) is 14.5 Å². The molecular formula is C10H8FN3O. The van der Waals surface area contributed by atoms with Crippen LogP contribution in [0.3, 0.4) is 0 Å². The quantitative estimate of drug-likeness (QED) is 0.709. The number of aromatic nitrogens is 3. The Labute approximate surface area is 85.4 Å². The highest BCUT2D eigenvalue weighted by atomic mass is 19.1. The Kier molecular flexibility index (Phi) is 2.53. The summed E-state index contributed by atoms with van der Waals surface area (Å²) in [7, 11) is 0. The Morgan fingerprint density at radius 3 is 2.93 bits per heavy atom. The van der Waals surface area contributed by atoms with Crippen molar-refractivity contribution in [2.45, 2.75) is 6.54 Å². The zero-order valence-electron chi connectivity index (χ0n) is 7.80. The summed E-state index contributed by atoms with van der Waals surface area (Å²) < 4.78 is 14.7. The minimum absolute atomic E-state index is 0.0544. The van der Waals surface area contributed by atoms with Crippen LogP contribution in [0.5, 0.6) is 0 Å². The van der Waals surface area contributed by atoms with Crippen molar-refractivity contribution < 1.29 is 9.18 Å². The first-order chi connectivity index (χ1) is 7.27. The van der Waals surface area contributed by atoms with E-state index in [9.17, 15) is 9.18 Å². The first kappa shape index (κ1) is 9.51. The van der Waals surface area contributed by atoms with Gasteiger partial charge >= 0.3 is 0 Å². The summed E-state index contributed by atoms with van der Waals surface area (Å²) >= 11 is 0. The van der Waals surface area contributed by atoms with Crippen molar-refractivity contribution in [3.63, 3.8) is 0 Å². The Morgan fingerprint density at radius 1 is 1.40 bits per heavy atom. The van der Waals surface area contributed by atoms with Crippen LogP contribution in [0.15, 0.2) is 37.2 Å². The molecule has 0 bridgehead atoms. The lowest BCUT2D eigenvalue weighted by atomic mass is 10.1. The molecule has 0 unspecified atom stereocenters. The molecule has 0 radical (unpaired) electrons. The monoisotopic (exact) mass is 205 g/mol. The molecule has 0 amide bonds. The second kappa shape index (κ2) is 4.00. The topological polar surface area (TPSA) is 47.8 Å². The normalized spacial score (nSPS) is 10.2. The number of imidazole rings is 1. The fourth-order valence-corrected chi connectivity index (χ4v) is 1.23. The highest BCUT2D eigenvalue weighted by Gasteiger charge is 2.11. The first-order valence-electron chi connectivity index (χ1n) is 4.36. The van der Waals surface area contributed by atoms with Crippen LogP contribution in [-0.4, -0.2) is 20.3 Å². The van der Waals surface area contributed by atoms with E-state index in [-0.39, 0.29) is 17.9 Å². The SMILES string of the molecule is O=C(Cn1ccnc1)c1ccncc1F. The average molecular weight is 205 g/mol. The third-order valence-electron chi connectivity index (χ3n) is 1.96. The molecule has 0 saturated carbocycles. The number of carbonyl (C=O) groups is 1. The fraction of sp³-hybridized carbons (Fsp3) is 0.100. The zero-order chi connectivity index (χ0) is 10.7. The largest absolute Gasteiger partial charge is 0.330 e. The van der Waals surface area contributed by atoms with Crippen LogP contribution in [0.4, 0.5) is 4.39 Å². The number of hydrogen-bond donors (Lipinski definition) is 0. The first-order valence-corrected chi connectivity index (χ1v) is 4.36. The molecule has 4 nitrogen and oxygen atoms in total. The maximum absolute atomic E-state index is 13.2. The summed E-state index contributed by atoms with van der Waals surface area (Å²) in [5.41, 5.74) is 0.0544. The molecule has 2 aromatic rings. The van der Waals surface area contributed by atoms with Gasteiger partial charge in [0.25, 0.3) is 0 Å². The van der Waals surface area contributed by atoms with Gasteiger partial charge < -0.3 is 4.57 Å². The number of nitrogens with zero attached hydrogens (tertiary/aromatic N) is 3. The van der Waals surface area contributed by atoms with E-state index >= 15 is 0 Å². The third-order valence-corrected chi connectivity index (χ3v) is 1.96. The Hall–Kier alpha value is -2.04. The number of hydrogen-bond acceptors (Lipinski definition) is 3. The van der Waals surface area contributed by atoms with E-state index in [1.165, 1.54) is 18.6 Å². The number of ketones is 1. The number of rotatable bonds is 3. The summed E-state index contributed by atoms with van der Waals surface area (Å²) in [6.07, 6.45) is 7.15. The van der Waals surface area contributed by atoms with Crippen molar-refractivity contribution in [2.75, 3.05) is 0 Å². The van der Waals surface area contributed by atoms with Gasteiger partial charge in [-0.25, -0.2) is 9.37 Å². The molecule has 2 heterocycles. The van der Waals surface area contributed by atoms with Crippen molar-refractivity contribution in [1.29, 1.82) is 0 Å². The maximum Gasteiger partial charge on any atom is 0.185 e. The third kappa shape index (κ3) is 2.07. The molecule has 0 aromatic carbocycles. The molecule has 0 fully saturated rings. The van der Waals surface area contributed by atoms with Gasteiger partial charge in [0.1, 0.15) is 0 Å². The lowest BCUT2D eigenvalue weighted by molar-refractivity contribution is 0.0968. The van der Waals surface area contributed by atoms with E-state index in [0.717, 1.165) is 6.20 Å². The van der Waals surface area contributed by atoms with Crippen LogP contribution in [0, 0.1) is 5.82 Å². The van der Waals surface area contributed by atoms with Crippen LogP contribution >= 0.6 is 0 Å². The zero-order valence-corrected chi connectivity index (χ0v) is 7.80. The summed E-state index contributed by atoms with van der Waals surface area (Å²) in [6, 6.07) is 1.37. The molecule has 0 aliphatic heterocycles. The number of carbonyl (C=O) groups excluding carboxylic acids is 1. The van der Waals surface area contributed by atoms with Gasteiger partial charge in [0.2, 0.25) is 0 Å². The van der Waals surface area contributed by atoms with Crippen LogP contribution in [0.1, 0.15) is 10.4 Å². The molecule has 2 rings (SSSR count). The molecule has 0 saturated heterocycles. The smallest absolute Gasteiger partial charge is 0.185 e. The minimum Gasteiger partial charge on any atom is -0.330 e. The fourth-order valence-electron chi connectivity index (χ4n) is 1.23. The maximum atomic E-state index is 13.2. The Bertz CT molecular complexity index is 467. The Morgan fingerprint density at radius 2 is 2.27 bits per heavy atom. The van der Waals surface area contributed by atoms with Gasteiger partial charge in [-0.15, -0.1) is 0 Å². The van der Waals surface area contributed by atoms with E-state index < -0.39 is 5.82 Å². The van der Waals surface area contributed by atoms with Gasteiger partial charge in [-0.05, 0) is 6.07 Å². The predicted molar refractivity (Wildman–Crippen MR) is 50.8 cm³/mol. The van der Waals surface area contributed by atoms with Crippen LogP contribution in [0.25, 0.3) is 0 Å². The lowest BCUT2D eigenvalue weighted by Gasteiger charge is -2.02.